The number of hydrogen-bond acceptors (Lipinski definition) is 3. The minimum absolute atomic E-state index is 0. The highest BCUT2D eigenvalue weighted by atomic mass is 35.5. The quantitative estimate of drug-likeness (QED) is 0.841. The fraction of sp³-hybridized carbons (Fsp3) is 0.357. The Balaban J connectivity index is 0.00000161. The first-order chi connectivity index (χ1) is 9.65. The minimum Gasteiger partial charge on any atom is -0.347 e. The largest absolute Gasteiger partial charge is 0.347 e. The van der Waals surface area contributed by atoms with E-state index in [0.717, 1.165) is 36.0 Å². The van der Waals surface area contributed by atoms with Gasteiger partial charge in [0.2, 0.25) is 0 Å². The Hall–Kier alpha value is -0.520. The van der Waals surface area contributed by atoms with E-state index in [1.165, 1.54) is 11.3 Å². The Morgan fingerprint density at radius 2 is 2.19 bits per heavy atom. The van der Waals surface area contributed by atoms with Crippen LogP contribution in [0.5, 0.6) is 0 Å². The van der Waals surface area contributed by atoms with Crippen molar-refractivity contribution in [3.05, 3.63) is 33.1 Å². The maximum atomic E-state index is 12.3. The highest BCUT2D eigenvalue weighted by molar-refractivity contribution is 7.21. The number of piperidine rings is 1. The molecule has 0 radical (unpaired) electrons. The average Bonchev–Trinajstić information content (AvgIpc) is 2.76. The summed E-state index contributed by atoms with van der Waals surface area (Å²) in [5.41, 5.74) is 0. The van der Waals surface area contributed by atoms with Crippen molar-refractivity contribution in [3.8, 4) is 0 Å². The number of hydrogen-bond donors (Lipinski definition) is 2. The second kappa shape index (κ2) is 7.16. The summed E-state index contributed by atoms with van der Waals surface area (Å²) in [6.07, 6.45) is 2.09. The predicted molar refractivity (Wildman–Crippen MR) is 92.5 cm³/mol. The van der Waals surface area contributed by atoms with Gasteiger partial charge >= 0.3 is 0 Å². The van der Waals surface area contributed by atoms with Gasteiger partial charge in [-0.1, -0.05) is 29.3 Å². The molecule has 1 fully saturated rings. The summed E-state index contributed by atoms with van der Waals surface area (Å²) in [7, 11) is 0. The zero-order valence-corrected chi connectivity index (χ0v) is 14.3. The van der Waals surface area contributed by atoms with Crippen molar-refractivity contribution in [1.82, 2.24) is 10.6 Å². The Kier molecular flexibility index (Phi) is 5.74. The molecule has 1 aliphatic heterocycles. The predicted octanol–water partition coefficient (Wildman–Crippen LogP) is 4.11. The summed E-state index contributed by atoms with van der Waals surface area (Å²) in [6, 6.07) is 5.66. The summed E-state index contributed by atoms with van der Waals surface area (Å²) in [4.78, 5) is 12.9. The zero-order chi connectivity index (χ0) is 14.1. The van der Waals surface area contributed by atoms with E-state index in [0.29, 0.717) is 14.9 Å². The molecule has 0 bridgehead atoms. The van der Waals surface area contributed by atoms with E-state index in [4.69, 9.17) is 23.2 Å². The first-order valence-corrected chi connectivity index (χ1v) is 8.11. The van der Waals surface area contributed by atoms with E-state index < -0.39 is 0 Å². The van der Waals surface area contributed by atoms with E-state index >= 15 is 0 Å². The Labute approximate surface area is 143 Å². The third-order valence-electron chi connectivity index (χ3n) is 3.43. The van der Waals surface area contributed by atoms with Gasteiger partial charge in [0.05, 0.1) is 5.02 Å². The van der Waals surface area contributed by atoms with Crippen molar-refractivity contribution in [3.63, 3.8) is 0 Å². The van der Waals surface area contributed by atoms with Crippen LogP contribution in [-0.4, -0.2) is 25.0 Å². The summed E-state index contributed by atoms with van der Waals surface area (Å²) in [5, 5.41) is 8.37. The van der Waals surface area contributed by atoms with Gasteiger partial charge < -0.3 is 10.6 Å². The number of thiophene rings is 1. The average molecular weight is 366 g/mol. The molecule has 21 heavy (non-hydrogen) atoms. The first-order valence-electron chi connectivity index (χ1n) is 6.54. The van der Waals surface area contributed by atoms with E-state index in [-0.39, 0.29) is 24.4 Å². The molecule has 0 spiro atoms. The van der Waals surface area contributed by atoms with Crippen molar-refractivity contribution in [2.75, 3.05) is 13.1 Å². The molecular formula is C14H15Cl3N2OS. The number of fused-ring (bicyclic) bond motifs is 1. The van der Waals surface area contributed by atoms with Gasteiger partial charge in [-0.05, 0) is 31.5 Å². The number of carbonyl (C=O) groups excluding carboxylic acids is 1. The van der Waals surface area contributed by atoms with Crippen LogP contribution in [0.4, 0.5) is 0 Å². The molecule has 0 unspecified atom stereocenters. The summed E-state index contributed by atoms with van der Waals surface area (Å²) in [6.45, 7) is 1.84. The molecule has 0 aliphatic carbocycles. The molecule has 7 heteroatoms. The van der Waals surface area contributed by atoms with Gasteiger partial charge in [0.15, 0.2) is 0 Å². The highest BCUT2D eigenvalue weighted by Crippen LogP contribution is 2.36. The molecular weight excluding hydrogens is 351 g/mol. The molecule has 1 aliphatic rings. The lowest BCUT2D eigenvalue weighted by Gasteiger charge is -2.23. The highest BCUT2D eigenvalue weighted by Gasteiger charge is 2.21. The van der Waals surface area contributed by atoms with Crippen LogP contribution in [0, 0.1) is 0 Å². The molecule has 2 aromatic rings. The second-order valence-corrected chi connectivity index (χ2v) is 6.77. The smallest absolute Gasteiger partial charge is 0.263 e. The number of amides is 1. The summed E-state index contributed by atoms with van der Waals surface area (Å²) in [5.74, 6) is -0.0963. The van der Waals surface area contributed by atoms with Crippen LogP contribution in [0.15, 0.2) is 18.2 Å². The topological polar surface area (TPSA) is 41.1 Å². The lowest BCUT2D eigenvalue weighted by atomic mass is 10.1. The number of nitrogens with one attached hydrogen (secondary N) is 2. The van der Waals surface area contributed by atoms with Gasteiger partial charge in [-0.3, -0.25) is 4.79 Å². The van der Waals surface area contributed by atoms with Crippen LogP contribution < -0.4 is 10.6 Å². The number of halogens is 3. The molecule has 1 amide bonds. The van der Waals surface area contributed by atoms with Crippen LogP contribution >= 0.6 is 46.9 Å². The van der Waals surface area contributed by atoms with Crippen LogP contribution in [0.25, 0.3) is 10.1 Å². The van der Waals surface area contributed by atoms with E-state index in [1.807, 2.05) is 12.1 Å². The Morgan fingerprint density at radius 1 is 1.38 bits per heavy atom. The maximum Gasteiger partial charge on any atom is 0.263 e. The van der Waals surface area contributed by atoms with Crippen molar-refractivity contribution in [1.29, 1.82) is 0 Å². The number of rotatable bonds is 2. The number of carbonyl (C=O) groups is 1. The fourth-order valence-electron chi connectivity index (χ4n) is 2.41. The maximum absolute atomic E-state index is 12.3. The number of benzene rings is 1. The van der Waals surface area contributed by atoms with Crippen LogP contribution in [0.3, 0.4) is 0 Å². The van der Waals surface area contributed by atoms with Gasteiger partial charge in [-0.25, -0.2) is 0 Å². The summed E-state index contributed by atoms with van der Waals surface area (Å²) >= 11 is 13.7. The standard InChI is InChI=1S/C14H14Cl2N2OS.ClH/c15-8-3-4-10-11(6-8)20-13(12(10)16)14(19)18-9-2-1-5-17-7-9;/h3-4,6,9,17H,1-2,5,7H2,(H,18,19);1H/t9-;/m0./s1. The molecule has 2 N–H and O–H groups in total. The van der Waals surface area contributed by atoms with E-state index in [1.54, 1.807) is 6.07 Å². The molecule has 0 saturated carbocycles. The third kappa shape index (κ3) is 3.63. The fourth-order valence-corrected chi connectivity index (χ4v) is 4.11. The van der Waals surface area contributed by atoms with Gasteiger partial charge in [0.25, 0.3) is 5.91 Å². The monoisotopic (exact) mass is 364 g/mol. The molecule has 2 heterocycles. The van der Waals surface area contributed by atoms with Crippen molar-refractivity contribution >= 4 is 62.9 Å². The molecule has 1 aromatic heterocycles. The van der Waals surface area contributed by atoms with Gasteiger partial charge in [0.1, 0.15) is 4.88 Å². The zero-order valence-electron chi connectivity index (χ0n) is 11.1. The Morgan fingerprint density at radius 3 is 2.90 bits per heavy atom. The van der Waals surface area contributed by atoms with Crippen molar-refractivity contribution in [2.45, 2.75) is 18.9 Å². The van der Waals surface area contributed by atoms with Crippen molar-refractivity contribution < 1.29 is 4.79 Å². The lowest BCUT2D eigenvalue weighted by molar-refractivity contribution is 0.0935. The van der Waals surface area contributed by atoms with Crippen molar-refractivity contribution in [2.24, 2.45) is 0 Å². The molecule has 1 saturated heterocycles. The molecule has 114 valence electrons. The SMILES string of the molecule is Cl.O=C(N[C@H]1CCCNC1)c1sc2cc(Cl)ccc2c1Cl. The van der Waals surface area contributed by atoms with Crippen LogP contribution in [-0.2, 0) is 0 Å². The Bertz CT molecular complexity index is 653. The van der Waals surface area contributed by atoms with Gasteiger partial charge in [-0.2, -0.15) is 0 Å². The van der Waals surface area contributed by atoms with E-state index in [2.05, 4.69) is 10.6 Å². The van der Waals surface area contributed by atoms with Gasteiger partial charge in [-0.15, -0.1) is 23.7 Å². The lowest BCUT2D eigenvalue weighted by Crippen LogP contribution is -2.45. The summed E-state index contributed by atoms with van der Waals surface area (Å²) < 4.78 is 0.939. The molecule has 1 atom stereocenters. The van der Waals surface area contributed by atoms with Gasteiger partial charge in [0, 0.05) is 27.7 Å². The normalized spacial score (nSPS) is 18.3. The first kappa shape index (κ1) is 16.8. The minimum atomic E-state index is -0.0963. The van der Waals surface area contributed by atoms with E-state index in [9.17, 15) is 4.79 Å². The molecule has 1 aromatic carbocycles. The molecule has 3 nitrogen and oxygen atoms in total. The molecule has 3 rings (SSSR count). The third-order valence-corrected chi connectivity index (χ3v) is 5.32. The van der Waals surface area contributed by atoms with Crippen LogP contribution in [0.1, 0.15) is 22.5 Å². The second-order valence-electron chi connectivity index (χ2n) is 4.90. The van der Waals surface area contributed by atoms with Crippen LogP contribution in [0.2, 0.25) is 10.0 Å².